The molecule has 0 aliphatic carbocycles. The van der Waals surface area contributed by atoms with Crippen molar-refractivity contribution in [2.75, 3.05) is 17.2 Å². The second kappa shape index (κ2) is 12.3. The Labute approximate surface area is 267 Å². The van der Waals surface area contributed by atoms with Crippen LogP contribution in [0.4, 0.5) is 17.1 Å². The van der Waals surface area contributed by atoms with Gasteiger partial charge in [0.1, 0.15) is 31.0 Å². The number of aliphatic hydroxyl groups is 1. The Kier molecular flexibility index (Phi) is 9.22. The monoisotopic (exact) mass is 651 g/mol. The zero-order chi connectivity index (χ0) is 32.7. The highest BCUT2D eigenvalue weighted by molar-refractivity contribution is 7.18. The summed E-state index contributed by atoms with van der Waals surface area (Å²) in [6, 6.07) is 0. The van der Waals surface area contributed by atoms with E-state index in [1.54, 1.807) is 37.6 Å². The van der Waals surface area contributed by atoms with Crippen LogP contribution in [0.5, 0.6) is 0 Å². The van der Waals surface area contributed by atoms with Crippen molar-refractivity contribution in [1.29, 1.82) is 0 Å². The number of pyridine rings is 3. The van der Waals surface area contributed by atoms with Gasteiger partial charge in [-0.15, -0.1) is 0 Å². The van der Waals surface area contributed by atoms with Gasteiger partial charge in [0.25, 0.3) is 0 Å². The standard InChI is InChI=1S/C11H15N3S.C10H13N3OS.C9H9N3OS/c1-6-14-9-8(11(2,3)4)7(12)5-13-10(9)15-6;1-5-13-8-7(10(2,3)14)6(11)4-12-9(8)15-5;1-4(13)7-6(10)3-11-9-8(7)12-5(2)14-9/h5H,12H2,1-4H3;4,14H,11H2,1-3H3;3H,10H2,1-2H3. The number of hydrogen-bond acceptors (Lipinski definition) is 14. The Morgan fingerprint density at radius 1 is 0.659 bits per heavy atom. The molecule has 0 bridgehead atoms. The number of aromatic nitrogens is 6. The zero-order valence-electron chi connectivity index (χ0n) is 26.2. The van der Waals surface area contributed by atoms with E-state index < -0.39 is 5.60 Å². The average molecular weight is 652 g/mol. The van der Waals surface area contributed by atoms with E-state index in [4.69, 9.17) is 17.2 Å². The molecule has 0 saturated heterocycles. The highest BCUT2D eigenvalue weighted by Crippen LogP contribution is 2.35. The summed E-state index contributed by atoms with van der Waals surface area (Å²) in [5.41, 5.74) is 22.7. The minimum Gasteiger partial charge on any atom is -0.397 e. The topological polar surface area (TPSA) is 193 Å². The van der Waals surface area contributed by atoms with Crippen molar-refractivity contribution in [3.05, 3.63) is 50.3 Å². The highest BCUT2D eigenvalue weighted by Gasteiger charge is 2.25. The molecule has 0 fully saturated rings. The van der Waals surface area contributed by atoms with Crippen LogP contribution in [0.1, 0.15) is 78.1 Å². The molecule has 0 aliphatic rings. The summed E-state index contributed by atoms with van der Waals surface area (Å²) in [6.45, 7) is 17.1. The first-order chi connectivity index (χ1) is 20.4. The van der Waals surface area contributed by atoms with Gasteiger partial charge in [-0.2, -0.15) is 0 Å². The largest absolute Gasteiger partial charge is 0.397 e. The molecule has 14 heteroatoms. The zero-order valence-corrected chi connectivity index (χ0v) is 28.7. The maximum Gasteiger partial charge on any atom is 0.164 e. The molecule has 6 aromatic rings. The molecule has 0 saturated carbocycles. The van der Waals surface area contributed by atoms with E-state index in [9.17, 15) is 9.90 Å². The van der Waals surface area contributed by atoms with E-state index in [1.807, 2.05) is 20.8 Å². The molecule has 0 radical (unpaired) electrons. The quantitative estimate of drug-likeness (QED) is 0.150. The van der Waals surface area contributed by atoms with Crippen LogP contribution >= 0.6 is 34.0 Å². The smallest absolute Gasteiger partial charge is 0.164 e. The summed E-state index contributed by atoms with van der Waals surface area (Å²) in [5.74, 6) is -0.0693. The number of rotatable bonds is 2. The molecule has 11 nitrogen and oxygen atoms in total. The summed E-state index contributed by atoms with van der Waals surface area (Å²) in [5, 5.41) is 12.9. The summed E-state index contributed by atoms with van der Waals surface area (Å²) in [7, 11) is 0. The minimum atomic E-state index is -0.994. The molecular formula is C30H37N9O2S3. The van der Waals surface area contributed by atoms with Crippen molar-refractivity contribution in [3.8, 4) is 0 Å². The highest BCUT2D eigenvalue weighted by atomic mass is 32.1. The third-order valence-electron chi connectivity index (χ3n) is 6.40. The molecule has 232 valence electrons. The van der Waals surface area contributed by atoms with Gasteiger partial charge in [0.15, 0.2) is 5.78 Å². The van der Waals surface area contributed by atoms with Crippen LogP contribution < -0.4 is 17.2 Å². The molecular weight excluding hydrogens is 615 g/mol. The second-order valence-electron chi connectivity index (χ2n) is 11.8. The molecule has 0 atom stereocenters. The van der Waals surface area contributed by atoms with Gasteiger partial charge in [-0.3, -0.25) is 4.79 Å². The van der Waals surface area contributed by atoms with Crippen LogP contribution in [0.2, 0.25) is 0 Å². The Morgan fingerprint density at radius 3 is 1.43 bits per heavy atom. The Hall–Kier alpha value is -3.85. The van der Waals surface area contributed by atoms with Crippen molar-refractivity contribution >= 4 is 87.9 Å². The van der Waals surface area contributed by atoms with E-state index in [2.05, 4.69) is 50.7 Å². The number of anilines is 3. The summed E-state index contributed by atoms with van der Waals surface area (Å²) in [4.78, 5) is 39.7. The van der Waals surface area contributed by atoms with Gasteiger partial charge in [-0.25, -0.2) is 29.9 Å². The SMILES string of the molecule is CC(=O)c1c(N)cnc2sc(C)nc12.Cc1nc2c(C(C)(C)C)c(N)cnc2s1.Cc1nc2c(C(C)(C)O)c(N)cnc2s1. The number of nitrogens with two attached hydrogens (primary N) is 3. The van der Waals surface area contributed by atoms with Gasteiger partial charge in [0.2, 0.25) is 0 Å². The first-order valence-corrected chi connectivity index (χ1v) is 16.1. The Balaban J connectivity index is 0.000000151. The summed E-state index contributed by atoms with van der Waals surface area (Å²) < 4.78 is 0. The van der Waals surface area contributed by atoms with Crippen molar-refractivity contribution in [2.24, 2.45) is 0 Å². The molecule has 6 rings (SSSR count). The lowest BCUT2D eigenvalue weighted by Gasteiger charge is -2.21. The van der Waals surface area contributed by atoms with Crippen LogP contribution in [0, 0.1) is 20.8 Å². The molecule has 44 heavy (non-hydrogen) atoms. The fourth-order valence-corrected chi connectivity index (χ4v) is 7.09. The van der Waals surface area contributed by atoms with Gasteiger partial charge >= 0.3 is 0 Å². The number of aryl methyl sites for hydroxylation is 3. The number of hydrogen-bond donors (Lipinski definition) is 4. The predicted octanol–water partition coefficient (Wildman–Crippen LogP) is 6.47. The molecule has 6 aromatic heterocycles. The van der Waals surface area contributed by atoms with Gasteiger partial charge in [0, 0.05) is 11.1 Å². The van der Waals surface area contributed by atoms with Crippen molar-refractivity contribution in [2.45, 2.75) is 73.3 Å². The lowest BCUT2D eigenvalue weighted by Crippen LogP contribution is -2.18. The average Bonchev–Trinajstić information content (AvgIpc) is 3.56. The van der Waals surface area contributed by atoms with E-state index in [1.165, 1.54) is 35.8 Å². The molecule has 7 N–H and O–H groups in total. The van der Waals surface area contributed by atoms with E-state index in [0.717, 1.165) is 46.3 Å². The first-order valence-electron chi connectivity index (χ1n) is 13.7. The molecule has 0 aromatic carbocycles. The number of carbonyl (C=O) groups is 1. The van der Waals surface area contributed by atoms with Gasteiger partial charge in [-0.05, 0) is 47.0 Å². The normalized spacial score (nSPS) is 11.8. The molecule has 0 spiro atoms. The van der Waals surface area contributed by atoms with Crippen molar-refractivity contribution in [3.63, 3.8) is 0 Å². The third kappa shape index (κ3) is 6.93. The van der Waals surface area contributed by atoms with Gasteiger partial charge in [-0.1, -0.05) is 54.8 Å². The van der Waals surface area contributed by atoms with E-state index in [-0.39, 0.29) is 11.2 Å². The van der Waals surface area contributed by atoms with Crippen LogP contribution in [0.15, 0.2) is 18.6 Å². The van der Waals surface area contributed by atoms with E-state index in [0.29, 0.717) is 33.5 Å². The van der Waals surface area contributed by atoms with Crippen LogP contribution in [0.25, 0.3) is 31.0 Å². The fourth-order valence-electron chi connectivity index (χ4n) is 4.79. The van der Waals surface area contributed by atoms with Crippen LogP contribution in [0.3, 0.4) is 0 Å². The van der Waals surface area contributed by atoms with Gasteiger partial charge in [0.05, 0.1) is 61.8 Å². The number of Topliss-reactive ketones (excluding diaryl/α,β-unsaturated/α-hetero) is 1. The predicted molar refractivity (Wildman–Crippen MR) is 184 cm³/mol. The Bertz CT molecular complexity index is 1900. The van der Waals surface area contributed by atoms with E-state index >= 15 is 0 Å². The van der Waals surface area contributed by atoms with Crippen molar-refractivity contribution in [1.82, 2.24) is 29.9 Å². The number of nitrogens with zero attached hydrogens (tertiary/aromatic N) is 6. The summed E-state index contributed by atoms with van der Waals surface area (Å²) in [6.07, 6.45) is 4.82. The number of fused-ring (bicyclic) bond motifs is 3. The fraction of sp³-hybridized carbons (Fsp3) is 0.367. The lowest BCUT2D eigenvalue weighted by molar-refractivity contribution is 0.0807. The second-order valence-corrected chi connectivity index (χ2v) is 15.3. The van der Waals surface area contributed by atoms with Gasteiger partial charge < -0.3 is 22.3 Å². The number of thiazole rings is 3. The number of ketones is 1. The number of carbonyl (C=O) groups excluding carboxylic acids is 1. The van der Waals surface area contributed by atoms with Crippen molar-refractivity contribution < 1.29 is 9.90 Å². The van der Waals surface area contributed by atoms with Crippen LogP contribution in [-0.2, 0) is 11.0 Å². The maximum atomic E-state index is 11.3. The molecule has 6 heterocycles. The molecule has 0 unspecified atom stereocenters. The number of nitrogen functional groups attached to an aromatic ring is 3. The van der Waals surface area contributed by atoms with Crippen LogP contribution in [-0.4, -0.2) is 40.8 Å². The lowest BCUT2D eigenvalue weighted by atomic mass is 9.86. The summed E-state index contributed by atoms with van der Waals surface area (Å²) >= 11 is 4.58. The molecule has 0 amide bonds. The first kappa shape index (κ1) is 33.1. The molecule has 0 aliphatic heterocycles. The third-order valence-corrected chi connectivity index (χ3v) is 9.04. The Morgan fingerprint density at radius 2 is 1.02 bits per heavy atom. The minimum absolute atomic E-state index is 0.00574. The maximum absolute atomic E-state index is 11.3.